The number of amides is 1. The molecule has 28 heavy (non-hydrogen) atoms. The largest absolute Gasteiger partial charge is 0.309 e. The van der Waals surface area contributed by atoms with Crippen molar-refractivity contribution < 1.29 is 4.79 Å². The van der Waals surface area contributed by atoms with E-state index in [0.717, 1.165) is 35.3 Å². The van der Waals surface area contributed by atoms with Crippen LogP contribution in [0.5, 0.6) is 0 Å². The quantitative estimate of drug-likeness (QED) is 0.535. The zero-order chi connectivity index (χ0) is 20.3. The van der Waals surface area contributed by atoms with Crippen LogP contribution >= 0.6 is 23.2 Å². The summed E-state index contributed by atoms with van der Waals surface area (Å²) in [5, 5.41) is 7.31. The molecule has 0 spiro atoms. The third-order valence-corrected chi connectivity index (χ3v) is 5.32. The lowest BCUT2D eigenvalue weighted by Crippen LogP contribution is -2.27. The van der Waals surface area contributed by atoms with E-state index in [9.17, 15) is 4.79 Å². The van der Waals surface area contributed by atoms with Gasteiger partial charge in [0.2, 0.25) is 7.28 Å². The SMILES string of the molecule is Cc1cc(BC2=NN(c3ccccc3)C(=O)/C2=C/CCN(C)C)c(Cl)cc1Cl. The van der Waals surface area contributed by atoms with Gasteiger partial charge in [-0.3, -0.25) is 4.79 Å². The predicted molar refractivity (Wildman–Crippen MR) is 121 cm³/mol. The second-order valence-corrected chi connectivity index (χ2v) is 7.89. The first-order chi connectivity index (χ1) is 13.4. The molecule has 144 valence electrons. The van der Waals surface area contributed by atoms with E-state index in [1.54, 1.807) is 6.07 Å². The molecule has 0 fully saturated rings. The highest BCUT2D eigenvalue weighted by molar-refractivity contribution is 6.91. The first kappa shape index (κ1) is 20.7. The molecule has 3 rings (SSSR count). The fourth-order valence-corrected chi connectivity index (χ4v) is 3.49. The molecule has 1 heterocycles. The summed E-state index contributed by atoms with van der Waals surface area (Å²) in [6, 6.07) is 13.2. The zero-order valence-corrected chi connectivity index (χ0v) is 17.8. The Kier molecular flexibility index (Phi) is 6.60. The number of hydrogen-bond donors (Lipinski definition) is 0. The van der Waals surface area contributed by atoms with Crippen molar-refractivity contribution in [3.63, 3.8) is 0 Å². The second kappa shape index (κ2) is 8.95. The Hall–Kier alpha value is -2.08. The average Bonchev–Trinajstić information content (AvgIpc) is 2.96. The first-order valence-electron chi connectivity index (χ1n) is 9.13. The van der Waals surface area contributed by atoms with Gasteiger partial charge in [-0.15, -0.1) is 0 Å². The molecule has 2 aromatic rings. The number of nitrogens with zero attached hydrogens (tertiary/aromatic N) is 3. The highest BCUT2D eigenvalue weighted by Crippen LogP contribution is 2.24. The lowest BCUT2D eigenvalue weighted by Gasteiger charge is -2.11. The number of hydrazone groups is 1. The van der Waals surface area contributed by atoms with Crippen LogP contribution in [-0.2, 0) is 4.79 Å². The van der Waals surface area contributed by atoms with Gasteiger partial charge >= 0.3 is 0 Å². The van der Waals surface area contributed by atoms with Crippen molar-refractivity contribution in [2.24, 2.45) is 5.10 Å². The Labute approximate surface area is 176 Å². The van der Waals surface area contributed by atoms with E-state index < -0.39 is 0 Å². The first-order valence-corrected chi connectivity index (χ1v) is 9.89. The van der Waals surface area contributed by atoms with Crippen LogP contribution in [0, 0.1) is 6.92 Å². The number of halogens is 2. The smallest absolute Gasteiger partial charge is 0.279 e. The fourth-order valence-electron chi connectivity index (χ4n) is 3.04. The van der Waals surface area contributed by atoms with Crippen molar-refractivity contribution in [3.05, 3.63) is 69.7 Å². The number of carbonyl (C=O) groups is 1. The summed E-state index contributed by atoms with van der Waals surface area (Å²) in [4.78, 5) is 15.1. The van der Waals surface area contributed by atoms with Crippen LogP contribution in [0.3, 0.4) is 0 Å². The highest BCUT2D eigenvalue weighted by Gasteiger charge is 2.31. The average molecular weight is 414 g/mol. The van der Waals surface area contributed by atoms with Crippen molar-refractivity contribution in [3.8, 4) is 0 Å². The van der Waals surface area contributed by atoms with Crippen LogP contribution in [0.2, 0.25) is 10.0 Å². The van der Waals surface area contributed by atoms with Crippen LogP contribution < -0.4 is 10.5 Å². The third kappa shape index (κ3) is 4.66. The maximum Gasteiger partial charge on any atom is 0.279 e. The Balaban J connectivity index is 1.95. The Bertz CT molecular complexity index is 942. The van der Waals surface area contributed by atoms with E-state index in [0.29, 0.717) is 22.9 Å². The Morgan fingerprint density at radius 1 is 1.14 bits per heavy atom. The highest BCUT2D eigenvalue weighted by atomic mass is 35.5. The lowest BCUT2D eigenvalue weighted by molar-refractivity contribution is -0.114. The molecule has 0 atom stereocenters. The van der Waals surface area contributed by atoms with Gasteiger partial charge in [-0.25, -0.2) is 0 Å². The van der Waals surface area contributed by atoms with Gasteiger partial charge in [0.05, 0.1) is 11.3 Å². The van der Waals surface area contributed by atoms with Gasteiger partial charge in [0.15, 0.2) is 0 Å². The molecular weight excluding hydrogens is 392 g/mol. The maximum absolute atomic E-state index is 13.1. The minimum Gasteiger partial charge on any atom is -0.309 e. The van der Waals surface area contributed by atoms with Crippen LogP contribution in [0.1, 0.15) is 12.0 Å². The number of para-hydroxylation sites is 1. The molecule has 7 heteroatoms. The van der Waals surface area contributed by atoms with Crippen molar-refractivity contribution in [2.75, 3.05) is 25.6 Å². The van der Waals surface area contributed by atoms with E-state index in [2.05, 4.69) is 10.0 Å². The fraction of sp³-hybridized carbons (Fsp3) is 0.238. The minimum atomic E-state index is -0.109. The number of anilines is 1. The second-order valence-electron chi connectivity index (χ2n) is 7.08. The van der Waals surface area contributed by atoms with Gasteiger partial charge in [0.25, 0.3) is 5.91 Å². The van der Waals surface area contributed by atoms with Gasteiger partial charge in [0, 0.05) is 22.2 Å². The van der Waals surface area contributed by atoms with E-state index >= 15 is 0 Å². The molecule has 1 aliphatic rings. The van der Waals surface area contributed by atoms with Crippen LogP contribution in [-0.4, -0.2) is 44.3 Å². The molecular formula is C21H22BCl2N3O. The summed E-state index contributed by atoms with van der Waals surface area (Å²) < 4.78 is 0. The van der Waals surface area contributed by atoms with Crippen molar-refractivity contribution >= 4 is 53.1 Å². The summed E-state index contributed by atoms with van der Waals surface area (Å²) >= 11 is 12.6. The molecule has 1 amide bonds. The molecule has 0 aliphatic carbocycles. The number of aryl methyl sites for hydroxylation is 1. The molecule has 0 saturated heterocycles. The van der Waals surface area contributed by atoms with E-state index in [-0.39, 0.29) is 5.91 Å². The van der Waals surface area contributed by atoms with E-state index in [1.165, 1.54) is 5.01 Å². The Morgan fingerprint density at radius 3 is 2.54 bits per heavy atom. The molecule has 0 unspecified atom stereocenters. The van der Waals surface area contributed by atoms with Gasteiger partial charge in [-0.2, -0.15) is 10.1 Å². The van der Waals surface area contributed by atoms with Crippen molar-refractivity contribution in [1.82, 2.24) is 4.90 Å². The molecule has 0 saturated carbocycles. The molecule has 0 aromatic heterocycles. The van der Waals surface area contributed by atoms with Gasteiger partial charge in [0.1, 0.15) is 0 Å². The minimum absolute atomic E-state index is 0.109. The molecule has 2 aromatic carbocycles. The van der Waals surface area contributed by atoms with Crippen molar-refractivity contribution in [1.29, 1.82) is 0 Å². The van der Waals surface area contributed by atoms with Gasteiger partial charge < -0.3 is 4.90 Å². The topological polar surface area (TPSA) is 35.9 Å². The number of carbonyl (C=O) groups excluding carboxylic acids is 1. The lowest BCUT2D eigenvalue weighted by atomic mass is 9.63. The molecule has 1 aliphatic heterocycles. The van der Waals surface area contributed by atoms with Crippen LogP contribution in [0.25, 0.3) is 0 Å². The summed E-state index contributed by atoms with van der Waals surface area (Å²) in [5.74, 6) is -0.109. The predicted octanol–water partition coefficient (Wildman–Crippen LogP) is 3.60. The zero-order valence-electron chi connectivity index (χ0n) is 16.2. The van der Waals surface area contributed by atoms with Gasteiger partial charge in [-0.1, -0.05) is 59.0 Å². The van der Waals surface area contributed by atoms with E-state index in [4.69, 9.17) is 23.2 Å². The number of benzene rings is 2. The summed E-state index contributed by atoms with van der Waals surface area (Å²) in [6.45, 7) is 2.80. The van der Waals surface area contributed by atoms with E-state index in [1.807, 2.05) is 63.5 Å². The van der Waals surface area contributed by atoms with Gasteiger partial charge in [-0.05, 0) is 51.2 Å². The third-order valence-electron chi connectivity index (χ3n) is 4.57. The monoisotopic (exact) mass is 413 g/mol. The normalized spacial score (nSPS) is 15.5. The summed E-state index contributed by atoms with van der Waals surface area (Å²) in [7, 11) is 4.49. The van der Waals surface area contributed by atoms with Crippen LogP contribution in [0.4, 0.5) is 5.69 Å². The molecule has 0 bridgehead atoms. The molecule has 4 nitrogen and oxygen atoms in total. The molecule has 0 N–H and O–H groups in total. The van der Waals surface area contributed by atoms with Crippen molar-refractivity contribution in [2.45, 2.75) is 13.3 Å². The molecule has 0 radical (unpaired) electrons. The number of rotatable bonds is 6. The number of hydrogen-bond acceptors (Lipinski definition) is 3. The Morgan fingerprint density at radius 2 is 1.86 bits per heavy atom. The standard InChI is InChI=1S/C21H22BCl2N3O/c1-14-12-17(19(24)13-18(14)23)22-20-16(10-7-11-26(2)3)21(28)27(25-20)15-8-5-4-6-9-15/h4-6,8-10,12-13,22H,7,11H2,1-3H3/b16-10+. The maximum atomic E-state index is 13.1. The summed E-state index contributed by atoms with van der Waals surface area (Å²) in [5.41, 5.74) is 3.96. The van der Waals surface area contributed by atoms with Crippen LogP contribution in [0.15, 0.2) is 59.2 Å². The summed E-state index contributed by atoms with van der Waals surface area (Å²) in [6.07, 6.45) is 2.74.